The molecule has 0 aliphatic heterocycles. The molecule has 1 heterocycles. The molecule has 6 nitrogen and oxygen atoms in total. The lowest BCUT2D eigenvalue weighted by Crippen LogP contribution is -2.33. The van der Waals surface area contributed by atoms with Crippen LogP contribution in [0.5, 0.6) is 0 Å². The Bertz CT molecular complexity index is 1140. The number of thiazole rings is 1. The Morgan fingerprint density at radius 1 is 1.18 bits per heavy atom. The summed E-state index contributed by atoms with van der Waals surface area (Å²) in [5.41, 5.74) is 0.151. The third-order valence-electron chi connectivity index (χ3n) is 3.67. The largest absolute Gasteiger partial charge is 0.416 e. The summed E-state index contributed by atoms with van der Waals surface area (Å²) in [5.74, 6) is -0.656. The second-order valence-corrected chi connectivity index (χ2v) is 8.82. The first-order chi connectivity index (χ1) is 13.0. The van der Waals surface area contributed by atoms with Gasteiger partial charge in [0.15, 0.2) is 0 Å². The van der Waals surface area contributed by atoms with Crippen molar-refractivity contribution < 1.29 is 26.4 Å². The molecule has 0 unspecified atom stereocenters. The van der Waals surface area contributed by atoms with Crippen LogP contribution in [0, 0.1) is 6.92 Å². The highest BCUT2D eigenvalue weighted by molar-refractivity contribution is 7.89. The number of carbonyl (C=O) groups excluding carboxylic acids is 1. The predicted molar refractivity (Wildman–Crippen MR) is 99.6 cm³/mol. The zero-order valence-electron chi connectivity index (χ0n) is 14.4. The van der Waals surface area contributed by atoms with E-state index in [0.29, 0.717) is 11.8 Å². The van der Waals surface area contributed by atoms with Crippen LogP contribution in [0.1, 0.15) is 10.6 Å². The number of rotatable bonds is 5. The Hall–Kier alpha value is -2.50. The summed E-state index contributed by atoms with van der Waals surface area (Å²) in [6.07, 6.45) is -4.67. The van der Waals surface area contributed by atoms with Gasteiger partial charge in [-0.05, 0) is 43.3 Å². The van der Waals surface area contributed by atoms with E-state index in [-0.39, 0.29) is 0 Å². The maximum Gasteiger partial charge on any atom is 0.416 e. The van der Waals surface area contributed by atoms with Crippen LogP contribution in [0.2, 0.25) is 0 Å². The van der Waals surface area contributed by atoms with Gasteiger partial charge in [-0.15, -0.1) is 11.3 Å². The van der Waals surface area contributed by atoms with E-state index in [1.165, 1.54) is 11.3 Å². The number of alkyl halides is 3. The van der Waals surface area contributed by atoms with E-state index in [4.69, 9.17) is 0 Å². The van der Waals surface area contributed by atoms with E-state index < -0.39 is 39.1 Å². The quantitative estimate of drug-likeness (QED) is 0.649. The molecule has 2 N–H and O–H groups in total. The number of halogens is 3. The maximum atomic E-state index is 12.7. The van der Waals surface area contributed by atoms with Crippen molar-refractivity contribution in [3.63, 3.8) is 0 Å². The molecule has 28 heavy (non-hydrogen) atoms. The fraction of sp³-hybridized carbons (Fsp3) is 0.176. The van der Waals surface area contributed by atoms with Crippen molar-refractivity contribution in [2.45, 2.75) is 18.0 Å². The average Bonchev–Trinajstić information content (AvgIpc) is 2.99. The highest BCUT2D eigenvalue weighted by atomic mass is 32.2. The average molecular weight is 429 g/mol. The number of aromatic nitrogens is 1. The first-order valence-corrected chi connectivity index (χ1v) is 10.2. The number of carbonyl (C=O) groups is 1. The summed E-state index contributed by atoms with van der Waals surface area (Å²) in [5, 5.41) is 3.40. The van der Waals surface area contributed by atoms with Crippen LogP contribution in [0.3, 0.4) is 0 Å². The Kier molecular flexibility index (Phi) is 5.41. The standard InChI is InChI=1S/C17H14F3N3O3S2/c1-10-22-14-6-5-12(8-15(14)27-10)23-16(24)9-21-28(25,26)13-4-2-3-11(7-13)17(18,19)20/h2-8,21H,9H2,1H3,(H,23,24). The number of aryl methyl sites for hydroxylation is 1. The molecule has 148 valence electrons. The predicted octanol–water partition coefficient (Wildman–Crippen LogP) is 3.54. The lowest BCUT2D eigenvalue weighted by atomic mass is 10.2. The highest BCUT2D eigenvalue weighted by Gasteiger charge is 2.31. The summed E-state index contributed by atoms with van der Waals surface area (Å²) in [6.45, 7) is 1.23. The zero-order valence-corrected chi connectivity index (χ0v) is 16.0. The molecular weight excluding hydrogens is 415 g/mol. The van der Waals surface area contributed by atoms with Gasteiger partial charge in [0.25, 0.3) is 0 Å². The summed E-state index contributed by atoms with van der Waals surface area (Å²) < 4.78 is 65.4. The van der Waals surface area contributed by atoms with Crippen molar-refractivity contribution in [3.8, 4) is 0 Å². The first-order valence-electron chi connectivity index (χ1n) is 7.88. The summed E-state index contributed by atoms with van der Waals surface area (Å²) in [6, 6.07) is 8.35. The van der Waals surface area contributed by atoms with Crippen LogP contribution in [0.25, 0.3) is 10.2 Å². The van der Waals surface area contributed by atoms with Crippen LogP contribution >= 0.6 is 11.3 Å². The summed E-state index contributed by atoms with van der Waals surface area (Å²) in [4.78, 5) is 15.7. The van der Waals surface area contributed by atoms with E-state index in [1.807, 2.05) is 11.6 Å². The van der Waals surface area contributed by atoms with Crippen LogP contribution in [-0.4, -0.2) is 25.9 Å². The fourth-order valence-electron chi connectivity index (χ4n) is 2.41. The minimum Gasteiger partial charge on any atom is -0.325 e. The Labute approximate surface area is 162 Å². The number of nitrogens with zero attached hydrogens (tertiary/aromatic N) is 1. The normalized spacial score (nSPS) is 12.3. The lowest BCUT2D eigenvalue weighted by molar-refractivity contribution is -0.137. The molecule has 0 aliphatic carbocycles. The van der Waals surface area contributed by atoms with E-state index in [0.717, 1.165) is 33.4 Å². The third kappa shape index (κ3) is 4.66. The second-order valence-electron chi connectivity index (χ2n) is 5.81. The number of anilines is 1. The van der Waals surface area contributed by atoms with Crippen molar-refractivity contribution in [3.05, 3.63) is 53.0 Å². The molecule has 0 bridgehead atoms. The molecule has 0 radical (unpaired) electrons. The number of nitrogens with one attached hydrogen (secondary N) is 2. The Morgan fingerprint density at radius 3 is 2.64 bits per heavy atom. The second kappa shape index (κ2) is 7.49. The van der Waals surface area contributed by atoms with Gasteiger partial charge in [0.05, 0.1) is 32.2 Å². The van der Waals surface area contributed by atoms with Crippen molar-refractivity contribution >= 4 is 43.2 Å². The molecule has 0 fully saturated rings. The Balaban J connectivity index is 1.67. The number of fused-ring (bicyclic) bond motifs is 1. The smallest absolute Gasteiger partial charge is 0.325 e. The SMILES string of the molecule is Cc1nc2ccc(NC(=O)CNS(=O)(=O)c3cccc(C(F)(F)F)c3)cc2s1. The van der Waals surface area contributed by atoms with Crippen molar-refractivity contribution in [1.82, 2.24) is 9.71 Å². The van der Waals surface area contributed by atoms with Gasteiger partial charge in [-0.25, -0.2) is 18.1 Å². The molecule has 0 saturated carbocycles. The number of benzene rings is 2. The molecular formula is C17H14F3N3O3S2. The van der Waals surface area contributed by atoms with Crippen molar-refractivity contribution in [2.75, 3.05) is 11.9 Å². The molecule has 1 aromatic heterocycles. The van der Waals surface area contributed by atoms with Crippen LogP contribution in [0.4, 0.5) is 18.9 Å². The van der Waals surface area contributed by atoms with Gasteiger partial charge in [-0.3, -0.25) is 4.79 Å². The van der Waals surface area contributed by atoms with E-state index in [9.17, 15) is 26.4 Å². The third-order valence-corrected chi connectivity index (χ3v) is 6.01. The van der Waals surface area contributed by atoms with E-state index in [1.54, 1.807) is 18.2 Å². The minimum absolute atomic E-state index is 0.458. The minimum atomic E-state index is -4.67. The van der Waals surface area contributed by atoms with Crippen molar-refractivity contribution in [2.24, 2.45) is 0 Å². The molecule has 0 atom stereocenters. The molecule has 11 heteroatoms. The van der Waals surface area contributed by atoms with Gasteiger partial charge in [0, 0.05) is 5.69 Å². The van der Waals surface area contributed by atoms with Crippen LogP contribution in [-0.2, 0) is 21.0 Å². The summed E-state index contributed by atoms with van der Waals surface area (Å²) in [7, 11) is -4.28. The van der Waals surface area contributed by atoms with Crippen LogP contribution < -0.4 is 10.0 Å². The number of hydrogen-bond acceptors (Lipinski definition) is 5. The van der Waals surface area contributed by atoms with Gasteiger partial charge in [-0.1, -0.05) is 6.07 Å². The number of hydrogen-bond donors (Lipinski definition) is 2. The lowest BCUT2D eigenvalue weighted by Gasteiger charge is -2.10. The van der Waals surface area contributed by atoms with Gasteiger partial charge in [0.1, 0.15) is 0 Å². The van der Waals surface area contributed by atoms with Gasteiger partial charge in [0.2, 0.25) is 15.9 Å². The molecule has 3 rings (SSSR count). The fourth-order valence-corrected chi connectivity index (χ4v) is 4.30. The topological polar surface area (TPSA) is 88.2 Å². The molecule has 0 saturated heterocycles. The zero-order chi connectivity index (χ0) is 20.5. The summed E-state index contributed by atoms with van der Waals surface area (Å²) >= 11 is 1.45. The molecule has 2 aromatic carbocycles. The van der Waals surface area contributed by atoms with E-state index >= 15 is 0 Å². The Morgan fingerprint density at radius 2 is 1.93 bits per heavy atom. The molecule has 1 amide bonds. The van der Waals surface area contributed by atoms with Gasteiger partial charge >= 0.3 is 6.18 Å². The monoisotopic (exact) mass is 429 g/mol. The number of amides is 1. The van der Waals surface area contributed by atoms with Gasteiger partial charge < -0.3 is 5.32 Å². The first kappa shape index (κ1) is 20.2. The van der Waals surface area contributed by atoms with E-state index in [2.05, 4.69) is 10.3 Å². The molecule has 0 aliphatic rings. The molecule has 3 aromatic rings. The maximum absolute atomic E-state index is 12.7. The van der Waals surface area contributed by atoms with Crippen molar-refractivity contribution in [1.29, 1.82) is 0 Å². The highest BCUT2D eigenvalue weighted by Crippen LogP contribution is 2.30. The van der Waals surface area contributed by atoms with Crippen LogP contribution in [0.15, 0.2) is 47.4 Å². The number of sulfonamides is 1. The molecule has 0 spiro atoms. The van der Waals surface area contributed by atoms with Gasteiger partial charge in [-0.2, -0.15) is 13.2 Å².